The van der Waals surface area contributed by atoms with E-state index in [0.717, 1.165) is 109 Å². The van der Waals surface area contributed by atoms with E-state index in [4.69, 9.17) is 0 Å². The largest absolute Gasteiger partial charge is 0.465 e. The highest BCUT2D eigenvalue weighted by Crippen LogP contribution is 2.51. The number of hydrogen-bond acceptors (Lipinski definition) is 9. The van der Waals surface area contributed by atoms with Crippen molar-refractivity contribution in [3.05, 3.63) is 90.8 Å². The van der Waals surface area contributed by atoms with Crippen molar-refractivity contribution in [2.45, 2.75) is 59.8 Å². The zero-order valence-electron chi connectivity index (χ0n) is 35.4. The number of carboxylic acid groups (broad SMARTS) is 1. The van der Waals surface area contributed by atoms with Gasteiger partial charge in [-0.3, -0.25) is 4.79 Å². The molecule has 3 atom stereocenters. The summed E-state index contributed by atoms with van der Waals surface area (Å²) in [6.45, 7) is 12.5. The monoisotopic (exact) mass is 843 g/mol. The number of carbonyl (C=O) groups is 2. The fourth-order valence-electron chi connectivity index (χ4n) is 10.3. The molecule has 324 valence electrons. The third-order valence-corrected chi connectivity index (χ3v) is 15.4. The van der Waals surface area contributed by atoms with Gasteiger partial charge in [0.05, 0.1) is 21.2 Å². The molecular weight excluding hydrogens is 782 g/mol. The van der Waals surface area contributed by atoms with Gasteiger partial charge in [-0.05, 0) is 150 Å². The molecule has 4 fully saturated rings. The summed E-state index contributed by atoms with van der Waals surface area (Å²) in [6.07, 6.45) is 5.99. The van der Waals surface area contributed by atoms with Gasteiger partial charge < -0.3 is 40.2 Å². The lowest BCUT2D eigenvalue weighted by Gasteiger charge is -2.54. The molecule has 3 saturated heterocycles. The van der Waals surface area contributed by atoms with Crippen molar-refractivity contribution in [1.82, 2.24) is 20.0 Å². The topological polar surface area (TPSA) is 129 Å². The quantitative estimate of drug-likeness (QED) is 0.139. The molecule has 1 aliphatic carbocycles. The Kier molecular flexibility index (Phi) is 13.5. The number of nitrogens with zero attached hydrogens (tertiary/aromatic N) is 5. The van der Waals surface area contributed by atoms with E-state index >= 15 is 0 Å². The Balaban J connectivity index is 0.986. The van der Waals surface area contributed by atoms with Crippen LogP contribution >= 0.6 is 0 Å². The highest BCUT2D eigenvalue weighted by atomic mass is 32.2. The summed E-state index contributed by atoms with van der Waals surface area (Å²) in [6, 6.07) is 18.9. The number of halogens is 1. The van der Waals surface area contributed by atoms with Crippen molar-refractivity contribution in [3.63, 3.8) is 0 Å². The van der Waals surface area contributed by atoms with E-state index < -0.39 is 21.8 Å². The first-order valence-electron chi connectivity index (χ1n) is 21.5. The van der Waals surface area contributed by atoms with Crippen LogP contribution in [0, 0.1) is 23.6 Å². The molecule has 0 bridgehead atoms. The number of anilines is 3. The summed E-state index contributed by atoms with van der Waals surface area (Å²) in [5, 5.41) is 15.5. The molecule has 3 N–H and O–H groups in total. The molecule has 12 nitrogen and oxygen atoms in total. The molecule has 0 spiro atoms. The third kappa shape index (κ3) is 9.51. The summed E-state index contributed by atoms with van der Waals surface area (Å²) in [4.78, 5) is 35.9. The maximum atomic E-state index is 15.0. The highest BCUT2D eigenvalue weighted by molar-refractivity contribution is 7.91. The normalized spacial score (nSPS) is 21.5. The minimum absolute atomic E-state index is 0.0980. The Hall–Kier alpha value is -4.50. The van der Waals surface area contributed by atoms with Gasteiger partial charge in [0, 0.05) is 69.4 Å². The SMILES string of the molecule is C=CC(=O)Nc1cc(S(=O)(=O)c2ccc(N3CC(CN4CCC(C(CN5CCC5)(c5cccc(F)c5)[C@H]5CCC[C@@H]5NC(=O)O)CC4)C3)cc2)ccc1N(C)CCN(C)C. The molecular formula is C46H62FN7O5S. The van der Waals surface area contributed by atoms with Crippen LogP contribution in [0.15, 0.2) is 89.2 Å². The Morgan fingerprint density at radius 1 is 0.900 bits per heavy atom. The molecule has 3 aromatic rings. The summed E-state index contributed by atoms with van der Waals surface area (Å²) < 4.78 is 42.7. The van der Waals surface area contributed by atoms with Gasteiger partial charge in [-0.25, -0.2) is 17.6 Å². The number of benzene rings is 3. The van der Waals surface area contributed by atoms with Crippen LogP contribution in [-0.4, -0.2) is 133 Å². The first-order chi connectivity index (χ1) is 28.8. The van der Waals surface area contributed by atoms with Gasteiger partial charge in [-0.2, -0.15) is 0 Å². The Morgan fingerprint density at radius 2 is 1.62 bits per heavy atom. The van der Waals surface area contributed by atoms with Crippen LogP contribution in [0.3, 0.4) is 0 Å². The van der Waals surface area contributed by atoms with Crippen molar-refractivity contribution in [2.75, 3.05) is 102 Å². The Labute approximate surface area is 355 Å². The molecule has 0 aromatic heterocycles. The lowest BCUT2D eigenvalue weighted by atomic mass is 9.57. The summed E-state index contributed by atoms with van der Waals surface area (Å²) in [5.74, 6) is 0.228. The number of rotatable bonds is 17. The summed E-state index contributed by atoms with van der Waals surface area (Å²) in [7, 11) is 2.00. The first-order valence-corrected chi connectivity index (χ1v) is 23.0. The molecule has 4 aliphatic rings. The zero-order valence-corrected chi connectivity index (χ0v) is 36.2. The fraction of sp³-hybridized carbons (Fsp3) is 0.522. The molecule has 3 heterocycles. The van der Waals surface area contributed by atoms with Crippen LogP contribution in [0.5, 0.6) is 0 Å². The number of likely N-dealkylation sites (N-methyl/N-ethyl adjacent to an activating group) is 2. The van der Waals surface area contributed by atoms with Crippen molar-refractivity contribution >= 4 is 38.9 Å². The van der Waals surface area contributed by atoms with Crippen molar-refractivity contribution in [1.29, 1.82) is 0 Å². The lowest BCUT2D eigenvalue weighted by Crippen LogP contribution is -2.60. The number of likely N-dealkylation sites (tertiary alicyclic amines) is 2. The third-order valence-electron chi connectivity index (χ3n) is 13.6. The molecule has 2 amide bonds. The molecule has 60 heavy (non-hydrogen) atoms. The lowest BCUT2D eigenvalue weighted by molar-refractivity contribution is -0.111. The predicted octanol–water partition coefficient (Wildman–Crippen LogP) is 6.01. The van der Waals surface area contributed by atoms with Crippen LogP contribution in [0.2, 0.25) is 0 Å². The van der Waals surface area contributed by atoms with Crippen LogP contribution in [0.1, 0.15) is 44.1 Å². The van der Waals surface area contributed by atoms with Gasteiger partial charge in [-0.1, -0.05) is 25.1 Å². The summed E-state index contributed by atoms with van der Waals surface area (Å²) in [5.41, 5.74) is 2.77. The van der Waals surface area contributed by atoms with E-state index in [9.17, 15) is 27.5 Å². The second kappa shape index (κ2) is 18.6. The van der Waals surface area contributed by atoms with Crippen molar-refractivity contribution in [2.24, 2.45) is 17.8 Å². The molecule has 3 aliphatic heterocycles. The van der Waals surface area contributed by atoms with E-state index in [1.807, 2.05) is 44.2 Å². The number of sulfone groups is 1. The van der Waals surface area contributed by atoms with E-state index in [1.54, 1.807) is 30.3 Å². The standard InChI is InChI=1S/C46H62FN7O5S/c1-5-44(55)48-42-28-39(17-18-43(42)51(4)26-25-50(2)3)60(58,59)38-15-13-37(14-16-38)54-30-33(31-54)29-52-23-19-34(20-24-52)46(32-53-21-8-22-53,35-9-6-10-36(47)27-35)40-11-7-12-41(40)49-45(56)57/h5-6,9-10,13-18,27-28,33-34,40-41,49H,1,7-8,11-12,19-26,29-32H2,2-4H3,(H,48,55)(H,56,57)/t40-,41-,46?/m0/s1. The molecule has 1 unspecified atom stereocenters. The maximum absolute atomic E-state index is 15.0. The van der Waals surface area contributed by atoms with E-state index in [-0.39, 0.29) is 33.0 Å². The molecule has 3 aromatic carbocycles. The number of nitrogens with one attached hydrogen (secondary N) is 2. The van der Waals surface area contributed by atoms with Gasteiger partial charge in [-0.15, -0.1) is 0 Å². The predicted molar refractivity (Wildman–Crippen MR) is 235 cm³/mol. The van der Waals surface area contributed by atoms with Crippen LogP contribution in [0.25, 0.3) is 0 Å². The van der Waals surface area contributed by atoms with E-state index in [1.165, 1.54) is 18.2 Å². The molecule has 14 heteroatoms. The van der Waals surface area contributed by atoms with Crippen molar-refractivity contribution in [3.8, 4) is 0 Å². The van der Waals surface area contributed by atoms with Gasteiger partial charge >= 0.3 is 6.09 Å². The average Bonchev–Trinajstić information content (AvgIpc) is 3.66. The van der Waals surface area contributed by atoms with Crippen LogP contribution < -0.4 is 20.4 Å². The molecule has 1 saturated carbocycles. The second-order valence-electron chi connectivity index (χ2n) is 17.7. The minimum Gasteiger partial charge on any atom is -0.465 e. The Morgan fingerprint density at radius 3 is 2.25 bits per heavy atom. The Bertz CT molecular complexity index is 2100. The smallest absolute Gasteiger partial charge is 0.404 e. The highest BCUT2D eigenvalue weighted by Gasteiger charge is 2.53. The van der Waals surface area contributed by atoms with Gasteiger partial charge in [0.2, 0.25) is 15.7 Å². The number of piperidine rings is 1. The minimum atomic E-state index is -3.87. The molecule has 0 radical (unpaired) electrons. The maximum Gasteiger partial charge on any atom is 0.404 e. The van der Waals surface area contributed by atoms with Crippen LogP contribution in [0.4, 0.5) is 26.2 Å². The first kappa shape index (κ1) is 43.6. The fourth-order valence-corrected chi connectivity index (χ4v) is 11.6. The van der Waals surface area contributed by atoms with Crippen LogP contribution in [-0.2, 0) is 20.0 Å². The second-order valence-corrected chi connectivity index (χ2v) is 19.7. The summed E-state index contributed by atoms with van der Waals surface area (Å²) >= 11 is 0. The van der Waals surface area contributed by atoms with Gasteiger partial charge in [0.25, 0.3) is 0 Å². The van der Waals surface area contributed by atoms with Gasteiger partial charge in [0.1, 0.15) is 5.82 Å². The molecule has 7 rings (SSSR count). The van der Waals surface area contributed by atoms with E-state index in [2.05, 4.69) is 42.9 Å². The number of amides is 2. The number of carbonyl (C=O) groups excluding carboxylic acids is 1. The number of hydrogen-bond donors (Lipinski definition) is 3. The van der Waals surface area contributed by atoms with Gasteiger partial charge in [0.15, 0.2) is 0 Å². The van der Waals surface area contributed by atoms with E-state index in [0.29, 0.717) is 29.8 Å². The van der Waals surface area contributed by atoms with Crippen molar-refractivity contribution < 1.29 is 27.5 Å². The average molecular weight is 844 g/mol. The zero-order chi connectivity index (χ0) is 42.6.